The van der Waals surface area contributed by atoms with Crippen LogP contribution in [0.25, 0.3) is 0 Å². The van der Waals surface area contributed by atoms with Crippen LogP contribution >= 0.6 is 0 Å². The van der Waals surface area contributed by atoms with Crippen molar-refractivity contribution in [1.82, 2.24) is 5.32 Å². The standard InChI is InChI=1S/C10H22N2O3S/c1-9(3-5-13)12-10(7-11)4-2-6-16(14,15)8-10/h9,12-13H,2-8,11H2,1H3. The lowest BCUT2D eigenvalue weighted by atomic mass is 9.94. The van der Waals surface area contributed by atoms with Crippen molar-refractivity contribution in [2.45, 2.75) is 37.8 Å². The summed E-state index contributed by atoms with van der Waals surface area (Å²) in [4.78, 5) is 0. The molecule has 1 fully saturated rings. The van der Waals surface area contributed by atoms with Gasteiger partial charge in [-0.15, -0.1) is 0 Å². The molecule has 1 saturated heterocycles. The monoisotopic (exact) mass is 250 g/mol. The van der Waals surface area contributed by atoms with E-state index in [0.717, 1.165) is 6.42 Å². The highest BCUT2D eigenvalue weighted by molar-refractivity contribution is 7.91. The van der Waals surface area contributed by atoms with E-state index in [4.69, 9.17) is 10.8 Å². The first kappa shape index (κ1) is 13.9. The van der Waals surface area contributed by atoms with Crippen LogP contribution in [0, 0.1) is 0 Å². The summed E-state index contributed by atoms with van der Waals surface area (Å²) in [6, 6.07) is 0.0850. The first-order valence-electron chi connectivity index (χ1n) is 5.72. The number of aliphatic hydroxyl groups is 1. The first-order chi connectivity index (χ1) is 7.43. The fraction of sp³-hybridized carbons (Fsp3) is 1.00. The van der Waals surface area contributed by atoms with Crippen LogP contribution in [0.3, 0.4) is 0 Å². The third kappa shape index (κ3) is 3.69. The average Bonchev–Trinajstić information content (AvgIpc) is 2.16. The number of nitrogens with two attached hydrogens (primary N) is 1. The number of hydrogen-bond acceptors (Lipinski definition) is 5. The van der Waals surface area contributed by atoms with Crippen molar-refractivity contribution in [3.05, 3.63) is 0 Å². The zero-order valence-corrected chi connectivity index (χ0v) is 10.6. The second kappa shape index (κ2) is 5.44. The van der Waals surface area contributed by atoms with E-state index in [1.54, 1.807) is 0 Å². The lowest BCUT2D eigenvalue weighted by Crippen LogP contribution is -2.60. The Bertz CT molecular complexity index is 318. The lowest BCUT2D eigenvalue weighted by molar-refractivity contribution is 0.236. The molecule has 0 aliphatic carbocycles. The number of sulfone groups is 1. The van der Waals surface area contributed by atoms with E-state index < -0.39 is 15.4 Å². The van der Waals surface area contributed by atoms with Crippen molar-refractivity contribution in [2.75, 3.05) is 24.7 Å². The molecule has 2 atom stereocenters. The fourth-order valence-corrected chi connectivity index (χ4v) is 4.23. The Morgan fingerprint density at radius 2 is 2.25 bits per heavy atom. The SMILES string of the molecule is CC(CCO)NC1(CN)CCCS(=O)(=O)C1. The smallest absolute Gasteiger partial charge is 0.152 e. The highest BCUT2D eigenvalue weighted by Gasteiger charge is 2.38. The van der Waals surface area contributed by atoms with Gasteiger partial charge < -0.3 is 16.2 Å². The van der Waals surface area contributed by atoms with Gasteiger partial charge in [-0.25, -0.2) is 8.42 Å². The Labute approximate surface area is 97.3 Å². The molecule has 0 spiro atoms. The molecular formula is C10H22N2O3S. The maximum absolute atomic E-state index is 11.6. The topological polar surface area (TPSA) is 92.4 Å². The summed E-state index contributed by atoms with van der Waals surface area (Å²) in [5.74, 6) is 0.386. The van der Waals surface area contributed by atoms with Crippen molar-refractivity contribution in [3.8, 4) is 0 Å². The Morgan fingerprint density at radius 1 is 1.56 bits per heavy atom. The van der Waals surface area contributed by atoms with E-state index in [2.05, 4.69) is 5.32 Å². The van der Waals surface area contributed by atoms with Crippen LogP contribution in [-0.4, -0.2) is 49.8 Å². The molecule has 1 aliphatic rings. The van der Waals surface area contributed by atoms with E-state index in [-0.39, 0.29) is 24.2 Å². The molecule has 1 heterocycles. The van der Waals surface area contributed by atoms with Gasteiger partial charge in [-0.2, -0.15) is 0 Å². The van der Waals surface area contributed by atoms with Crippen LogP contribution in [0.15, 0.2) is 0 Å². The third-order valence-electron chi connectivity index (χ3n) is 3.11. The zero-order valence-electron chi connectivity index (χ0n) is 9.78. The fourth-order valence-electron chi connectivity index (χ4n) is 2.32. The summed E-state index contributed by atoms with van der Waals surface area (Å²) in [6.45, 7) is 2.36. The van der Waals surface area contributed by atoms with E-state index in [9.17, 15) is 8.42 Å². The molecule has 0 aromatic heterocycles. The molecule has 0 saturated carbocycles. The third-order valence-corrected chi connectivity index (χ3v) is 5.02. The molecule has 1 rings (SSSR count). The van der Waals surface area contributed by atoms with Gasteiger partial charge in [0, 0.05) is 24.7 Å². The van der Waals surface area contributed by atoms with Gasteiger partial charge in [0.2, 0.25) is 0 Å². The number of nitrogens with one attached hydrogen (secondary N) is 1. The molecule has 0 aromatic rings. The van der Waals surface area contributed by atoms with Gasteiger partial charge in [0.1, 0.15) is 0 Å². The van der Waals surface area contributed by atoms with E-state index >= 15 is 0 Å². The molecule has 0 radical (unpaired) electrons. The number of aliphatic hydroxyl groups excluding tert-OH is 1. The van der Waals surface area contributed by atoms with Crippen molar-refractivity contribution in [1.29, 1.82) is 0 Å². The second-order valence-corrected chi connectivity index (χ2v) is 6.92. The summed E-state index contributed by atoms with van der Waals surface area (Å²) in [5.41, 5.74) is 5.22. The molecule has 0 aromatic carbocycles. The van der Waals surface area contributed by atoms with Crippen LogP contribution in [0.1, 0.15) is 26.2 Å². The summed E-state index contributed by atoms with van der Waals surface area (Å²) in [7, 11) is -2.97. The second-order valence-electron chi connectivity index (χ2n) is 4.74. The van der Waals surface area contributed by atoms with E-state index in [1.807, 2.05) is 6.92 Å². The van der Waals surface area contributed by atoms with Crippen LogP contribution < -0.4 is 11.1 Å². The Balaban J connectivity index is 2.69. The molecule has 96 valence electrons. The summed E-state index contributed by atoms with van der Waals surface area (Å²) in [6.07, 6.45) is 2.07. The van der Waals surface area contributed by atoms with Crippen molar-refractivity contribution in [3.63, 3.8) is 0 Å². The normalized spacial score (nSPS) is 31.2. The van der Waals surface area contributed by atoms with Crippen LogP contribution in [0.5, 0.6) is 0 Å². The van der Waals surface area contributed by atoms with Gasteiger partial charge in [0.15, 0.2) is 9.84 Å². The van der Waals surface area contributed by atoms with Gasteiger partial charge >= 0.3 is 0 Å². The molecule has 5 nitrogen and oxygen atoms in total. The Morgan fingerprint density at radius 3 is 2.75 bits per heavy atom. The summed E-state index contributed by atoms with van der Waals surface area (Å²) < 4.78 is 23.2. The minimum Gasteiger partial charge on any atom is -0.396 e. The highest BCUT2D eigenvalue weighted by atomic mass is 32.2. The number of rotatable bonds is 5. The molecular weight excluding hydrogens is 228 g/mol. The van der Waals surface area contributed by atoms with Crippen molar-refractivity contribution in [2.24, 2.45) is 5.73 Å². The highest BCUT2D eigenvalue weighted by Crippen LogP contribution is 2.23. The molecule has 4 N–H and O–H groups in total. The predicted molar refractivity (Wildman–Crippen MR) is 64.0 cm³/mol. The van der Waals surface area contributed by atoms with E-state index in [0.29, 0.717) is 19.4 Å². The Hall–Kier alpha value is -0.170. The minimum absolute atomic E-state index is 0.0850. The quantitative estimate of drug-likeness (QED) is 0.597. The summed E-state index contributed by atoms with van der Waals surface area (Å²) in [5, 5.41) is 12.1. The number of hydrogen-bond donors (Lipinski definition) is 3. The molecule has 16 heavy (non-hydrogen) atoms. The van der Waals surface area contributed by atoms with Crippen LogP contribution in [-0.2, 0) is 9.84 Å². The van der Waals surface area contributed by atoms with Crippen molar-refractivity contribution >= 4 is 9.84 Å². The zero-order chi connectivity index (χ0) is 12.2. The van der Waals surface area contributed by atoms with Gasteiger partial charge in [0.05, 0.1) is 11.5 Å². The minimum atomic E-state index is -2.97. The van der Waals surface area contributed by atoms with Gasteiger partial charge in [0.25, 0.3) is 0 Å². The Kier molecular flexibility index (Phi) is 4.73. The lowest BCUT2D eigenvalue weighted by Gasteiger charge is -2.39. The molecule has 2 unspecified atom stereocenters. The summed E-state index contributed by atoms with van der Waals surface area (Å²) >= 11 is 0. The average molecular weight is 250 g/mol. The maximum Gasteiger partial charge on any atom is 0.152 e. The molecule has 6 heteroatoms. The van der Waals surface area contributed by atoms with Crippen LogP contribution in [0.2, 0.25) is 0 Å². The largest absolute Gasteiger partial charge is 0.396 e. The van der Waals surface area contributed by atoms with Gasteiger partial charge in [-0.3, -0.25) is 0 Å². The van der Waals surface area contributed by atoms with Crippen LogP contribution in [0.4, 0.5) is 0 Å². The molecule has 1 aliphatic heterocycles. The molecule has 0 bridgehead atoms. The van der Waals surface area contributed by atoms with Gasteiger partial charge in [-0.05, 0) is 26.2 Å². The molecule has 0 amide bonds. The van der Waals surface area contributed by atoms with E-state index in [1.165, 1.54) is 0 Å². The maximum atomic E-state index is 11.6. The first-order valence-corrected chi connectivity index (χ1v) is 7.54. The van der Waals surface area contributed by atoms with Gasteiger partial charge in [-0.1, -0.05) is 0 Å². The predicted octanol–water partition coefficient (Wildman–Crippen LogP) is -0.747. The van der Waals surface area contributed by atoms with Crippen molar-refractivity contribution < 1.29 is 13.5 Å².